The Morgan fingerprint density at radius 1 is 1.47 bits per heavy atom. The molecule has 1 aromatic carbocycles. The first kappa shape index (κ1) is 11.3. The molecular weight excluding hydrogens is 216 g/mol. The highest BCUT2D eigenvalue weighted by Crippen LogP contribution is 2.24. The molecule has 86 valence electrons. The molecule has 2 rings (SSSR count). The fourth-order valence-electron chi connectivity index (χ4n) is 1.59. The van der Waals surface area contributed by atoms with E-state index in [0.717, 1.165) is 0 Å². The maximum absolute atomic E-state index is 12.1. The van der Waals surface area contributed by atoms with E-state index in [0.29, 0.717) is 22.6 Å². The van der Waals surface area contributed by atoms with Crippen LogP contribution in [0.15, 0.2) is 22.6 Å². The average Bonchev–Trinajstić information content (AvgIpc) is 2.66. The number of aryl methyl sites for hydroxylation is 1. The van der Waals surface area contributed by atoms with Crippen LogP contribution in [0.2, 0.25) is 0 Å². The highest BCUT2D eigenvalue weighted by Gasteiger charge is 2.28. The van der Waals surface area contributed by atoms with Gasteiger partial charge in [0.15, 0.2) is 17.3 Å². The maximum atomic E-state index is 12.1. The highest BCUT2D eigenvalue weighted by atomic mass is 16.3. The third-order valence-electron chi connectivity index (χ3n) is 2.60. The summed E-state index contributed by atoms with van der Waals surface area (Å²) < 4.78 is 5.36. The molecule has 1 aromatic heterocycles. The van der Waals surface area contributed by atoms with Gasteiger partial charge in [-0.25, -0.2) is 4.98 Å². The number of rotatable bonds is 2. The summed E-state index contributed by atoms with van der Waals surface area (Å²) in [6.07, 6.45) is 0. The Kier molecular flexibility index (Phi) is 2.47. The molecule has 0 aliphatic rings. The number of nitrogens with zero attached hydrogens (tertiary/aromatic N) is 2. The van der Waals surface area contributed by atoms with Gasteiger partial charge in [0, 0.05) is 12.5 Å². The van der Waals surface area contributed by atoms with Crippen molar-refractivity contribution in [3.8, 4) is 6.07 Å². The summed E-state index contributed by atoms with van der Waals surface area (Å²) in [7, 11) is 0. The van der Waals surface area contributed by atoms with Gasteiger partial charge in [-0.1, -0.05) is 0 Å². The Hall–Kier alpha value is -2.15. The first-order chi connectivity index (χ1) is 7.94. The molecule has 1 heterocycles. The molecule has 4 nitrogen and oxygen atoms in total. The fraction of sp³-hybridized carbons (Fsp3) is 0.308. The Bertz CT molecular complexity index is 632. The van der Waals surface area contributed by atoms with Crippen molar-refractivity contribution in [3.63, 3.8) is 0 Å². The van der Waals surface area contributed by atoms with Gasteiger partial charge >= 0.3 is 0 Å². The smallest absolute Gasteiger partial charge is 0.192 e. The summed E-state index contributed by atoms with van der Waals surface area (Å²) in [6, 6.07) is 7.03. The second-order valence-corrected chi connectivity index (χ2v) is 4.48. The molecule has 0 amide bonds. The zero-order valence-electron chi connectivity index (χ0n) is 9.94. The molecule has 17 heavy (non-hydrogen) atoms. The topological polar surface area (TPSA) is 66.9 Å². The van der Waals surface area contributed by atoms with E-state index in [2.05, 4.69) is 4.98 Å². The van der Waals surface area contributed by atoms with Gasteiger partial charge in [-0.05, 0) is 32.0 Å². The van der Waals surface area contributed by atoms with Crippen molar-refractivity contribution in [1.82, 2.24) is 4.98 Å². The zero-order valence-corrected chi connectivity index (χ0v) is 9.94. The summed E-state index contributed by atoms with van der Waals surface area (Å²) in [4.78, 5) is 16.2. The lowest BCUT2D eigenvalue weighted by Gasteiger charge is -2.12. The lowest BCUT2D eigenvalue weighted by Crippen LogP contribution is -2.22. The number of oxazole rings is 1. The second-order valence-electron chi connectivity index (χ2n) is 4.48. The largest absolute Gasteiger partial charge is 0.441 e. The molecule has 0 aliphatic carbocycles. The van der Waals surface area contributed by atoms with Crippen molar-refractivity contribution < 1.29 is 9.21 Å². The van der Waals surface area contributed by atoms with Crippen molar-refractivity contribution in [1.29, 1.82) is 5.26 Å². The Labute approximate surface area is 98.9 Å². The number of carbonyl (C=O) groups is 1. The van der Waals surface area contributed by atoms with Crippen LogP contribution in [0.1, 0.15) is 30.1 Å². The predicted octanol–water partition coefficient (Wildman–Crippen LogP) is 2.87. The third kappa shape index (κ3) is 1.92. The van der Waals surface area contributed by atoms with Crippen LogP contribution >= 0.6 is 0 Å². The van der Waals surface area contributed by atoms with Gasteiger partial charge in [0.25, 0.3) is 0 Å². The van der Waals surface area contributed by atoms with Crippen LogP contribution in [0.5, 0.6) is 0 Å². The summed E-state index contributed by atoms with van der Waals surface area (Å²) in [5.74, 6) is 0.347. The van der Waals surface area contributed by atoms with Crippen LogP contribution < -0.4 is 0 Å². The van der Waals surface area contributed by atoms with E-state index in [9.17, 15) is 4.79 Å². The standard InChI is InChI=1S/C13H12N2O2/c1-8-15-10-5-4-9(6-11(10)17-8)12(16)13(2,3)7-14/h4-6H,1-3H3. The zero-order chi connectivity index (χ0) is 12.6. The number of Topliss-reactive ketones (excluding diaryl/α,β-unsaturated/α-hetero) is 1. The van der Waals surface area contributed by atoms with Crippen LogP contribution in [0.3, 0.4) is 0 Å². The van der Waals surface area contributed by atoms with E-state index in [1.807, 2.05) is 6.07 Å². The number of hydrogen-bond donors (Lipinski definition) is 0. The molecule has 0 unspecified atom stereocenters. The number of aromatic nitrogens is 1. The minimum atomic E-state index is -1.03. The molecular formula is C13H12N2O2. The molecule has 0 fully saturated rings. The molecule has 0 atom stereocenters. The maximum Gasteiger partial charge on any atom is 0.192 e. The van der Waals surface area contributed by atoms with E-state index in [1.165, 1.54) is 0 Å². The van der Waals surface area contributed by atoms with E-state index < -0.39 is 5.41 Å². The number of fused-ring (bicyclic) bond motifs is 1. The van der Waals surface area contributed by atoms with Gasteiger partial charge in [-0.3, -0.25) is 4.79 Å². The number of ketones is 1. The molecule has 0 radical (unpaired) electrons. The number of hydrogen-bond acceptors (Lipinski definition) is 4. The van der Waals surface area contributed by atoms with Crippen molar-refractivity contribution in [3.05, 3.63) is 29.7 Å². The van der Waals surface area contributed by atoms with Gasteiger partial charge in [-0.15, -0.1) is 0 Å². The van der Waals surface area contributed by atoms with Crippen molar-refractivity contribution in [2.75, 3.05) is 0 Å². The lowest BCUT2D eigenvalue weighted by molar-refractivity contribution is 0.0892. The van der Waals surface area contributed by atoms with Crippen LogP contribution in [-0.2, 0) is 0 Å². The lowest BCUT2D eigenvalue weighted by atomic mass is 9.86. The Morgan fingerprint density at radius 3 is 2.82 bits per heavy atom. The van der Waals surface area contributed by atoms with E-state index >= 15 is 0 Å². The van der Waals surface area contributed by atoms with E-state index in [1.54, 1.807) is 39.0 Å². The highest BCUT2D eigenvalue weighted by molar-refractivity contribution is 6.03. The molecule has 0 saturated carbocycles. The van der Waals surface area contributed by atoms with E-state index in [4.69, 9.17) is 9.68 Å². The quantitative estimate of drug-likeness (QED) is 0.741. The molecule has 0 N–H and O–H groups in total. The Morgan fingerprint density at radius 2 is 2.18 bits per heavy atom. The molecule has 0 saturated heterocycles. The molecule has 0 spiro atoms. The summed E-state index contributed by atoms with van der Waals surface area (Å²) in [5, 5.41) is 8.94. The van der Waals surface area contributed by atoms with Gasteiger partial charge in [-0.2, -0.15) is 5.26 Å². The number of carbonyl (C=O) groups excluding carboxylic acids is 1. The average molecular weight is 228 g/mol. The fourth-order valence-corrected chi connectivity index (χ4v) is 1.59. The van der Waals surface area contributed by atoms with Crippen LogP contribution in [-0.4, -0.2) is 10.8 Å². The summed E-state index contributed by atoms with van der Waals surface area (Å²) in [5.41, 5.74) is 0.735. The first-order valence-electron chi connectivity index (χ1n) is 5.27. The Balaban J connectivity index is 2.50. The van der Waals surface area contributed by atoms with E-state index in [-0.39, 0.29) is 5.78 Å². The van der Waals surface area contributed by atoms with Crippen molar-refractivity contribution in [2.45, 2.75) is 20.8 Å². The normalized spacial score (nSPS) is 11.4. The van der Waals surface area contributed by atoms with Gasteiger partial charge in [0.2, 0.25) is 0 Å². The number of nitriles is 1. The molecule has 0 aliphatic heterocycles. The SMILES string of the molecule is Cc1nc2ccc(C(=O)C(C)(C)C#N)cc2o1. The minimum absolute atomic E-state index is 0.212. The summed E-state index contributed by atoms with van der Waals surface area (Å²) >= 11 is 0. The van der Waals surface area contributed by atoms with Gasteiger partial charge < -0.3 is 4.42 Å². The van der Waals surface area contributed by atoms with Gasteiger partial charge in [0.1, 0.15) is 10.9 Å². The molecule has 4 heteroatoms. The van der Waals surface area contributed by atoms with Crippen LogP contribution in [0.25, 0.3) is 11.1 Å². The van der Waals surface area contributed by atoms with Crippen molar-refractivity contribution >= 4 is 16.9 Å². The summed E-state index contributed by atoms with van der Waals surface area (Å²) in [6.45, 7) is 4.96. The van der Waals surface area contributed by atoms with Gasteiger partial charge in [0.05, 0.1) is 6.07 Å². The first-order valence-corrected chi connectivity index (χ1v) is 5.27. The van der Waals surface area contributed by atoms with Crippen molar-refractivity contribution in [2.24, 2.45) is 5.41 Å². The van der Waals surface area contributed by atoms with Crippen LogP contribution in [0.4, 0.5) is 0 Å². The third-order valence-corrected chi connectivity index (χ3v) is 2.60. The number of benzene rings is 1. The monoisotopic (exact) mass is 228 g/mol. The molecule has 0 bridgehead atoms. The molecule has 2 aromatic rings. The minimum Gasteiger partial charge on any atom is -0.441 e. The van der Waals surface area contributed by atoms with Crippen LogP contribution in [0, 0.1) is 23.7 Å². The second kappa shape index (κ2) is 3.70. The predicted molar refractivity (Wildman–Crippen MR) is 62.5 cm³/mol.